The Kier molecular flexibility index (Phi) is 7.69. The molecule has 0 aromatic rings. The van der Waals surface area contributed by atoms with E-state index in [-0.39, 0.29) is 6.29 Å². The zero-order valence-electron chi connectivity index (χ0n) is 14.9. The summed E-state index contributed by atoms with van der Waals surface area (Å²) in [6.07, 6.45) is 10.6. The molecular weight excluding hydrogens is 260 g/mol. The molecule has 0 bridgehead atoms. The third-order valence-corrected chi connectivity index (χ3v) is 4.88. The van der Waals surface area contributed by atoms with Gasteiger partial charge in [-0.25, -0.2) is 0 Å². The van der Waals surface area contributed by atoms with Gasteiger partial charge in [0.1, 0.15) is 0 Å². The number of methoxy groups -OCH3 is 2. The lowest BCUT2D eigenvalue weighted by molar-refractivity contribution is -0.105. The molecule has 2 nitrogen and oxygen atoms in total. The van der Waals surface area contributed by atoms with Gasteiger partial charge in [0.05, 0.1) is 0 Å². The smallest absolute Gasteiger partial charge is 0.157 e. The highest BCUT2D eigenvalue weighted by Crippen LogP contribution is 2.42. The lowest BCUT2D eigenvalue weighted by atomic mass is 9.71. The maximum Gasteiger partial charge on any atom is 0.157 e. The van der Waals surface area contributed by atoms with E-state index in [1.165, 1.54) is 37.7 Å². The second-order valence-corrected chi connectivity index (χ2v) is 7.03. The number of ether oxygens (including phenoxy) is 2. The number of rotatable bonds is 8. The maximum atomic E-state index is 5.22. The molecule has 1 aliphatic carbocycles. The van der Waals surface area contributed by atoms with Gasteiger partial charge in [-0.2, -0.15) is 0 Å². The predicted molar refractivity (Wildman–Crippen MR) is 90.4 cm³/mol. The van der Waals surface area contributed by atoms with Crippen molar-refractivity contribution in [3.63, 3.8) is 0 Å². The van der Waals surface area contributed by atoms with Gasteiger partial charge in [-0.15, -0.1) is 0 Å². The van der Waals surface area contributed by atoms with Crippen molar-refractivity contribution in [2.24, 2.45) is 5.41 Å². The fraction of sp³-hybridized carbons (Fsp3) is 0.789. The van der Waals surface area contributed by atoms with E-state index in [0.717, 1.165) is 12.8 Å². The minimum absolute atomic E-state index is 0.0729. The second kappa shape index (κ2) is 8.75. The van der Waals surface area contributed by atoms with Gasteiger partial charge in [-0.3, -0.25) is 0 Å². The first-order valence-corrected chi connectivity index (χ1v) is 8.31. The Labute approximate surface area is 131 Å². The molecule has 122 valence electrons. The van der Waals surface area contributed by atoms with E-state index in [1.54, 1.807) is 25.4 Å². The predicted octanol–water partition coefficient (Wildman–Crippen LogP) is 5.64. The van der Waals surface area contributed by atoms with E-state index in [2.05, 4.69) is 33.8 Å². The van der Waals surface area contributed by atoms with Crippen molar-refractivity contribution in [2.75, 3.05) is 14.2 Å². The molecule has 0 fully saturated rings. The van der Waals surface area contributed by atoms with Crippen molar-refractivity contribution in [1.82, 2.24) is 0 Å². The van der Waals surface area contributed by atoms with Crippen LogP contribution in [0.25, 0.3) is 0 Å². The van der Waals surface area contributed by atoms with Crippen LogP contribution in [0.3, 0.4) is 0 Å². The molecule has 1 aliphatic rings. The third kappa shape index (κ3) is 5.96. The highest BCUT2D eigenvalue weighted by atomic mass is 16.7. The third-order valence-electron chi connectivity index (χ3n) is 4.88. The van der Waals surface area contributed by atoms with Gasteiger partial charge in [0.15, 0.2) is 6.29 Å². The van der Waals surface area contributed by atoms with Crippen molar-refractivity contribution in [3.05, 3.63) is 22.8 Å². The van der Waals surface area contributed by atoms with E-state index >= 15 is 0 Å². The quantitative estimate of drug-likeness (QED) is 0.426. The molecule has 0 radical (unpaired) electrons. The van der Waals surface area contributed by atoms with Gasteiger partial charge in [0.25, 0.3) is 0 Å². The molecule has 0 amide bonds. The lowest BCUT2D eigenvalue weighted by Gasteiger charge is -2.35. The average Bonchev–Trinajstić information content (AvgIpc) is 2.42. The largest absolute Gasteiger partial charge is 0.356 e. The van der Waals surface area contributed by atoms with Crippen LogP contribution in [0.2, 0.25) is 0 Å². The van der Waals surface area contributed by atoms with Crippen LogP contribution >= 0.6 is 0 Å². The summed E-state index contributed by atoms with van der Waals surface area (Å²) < 4.78 is 10.4. The fourth-order valence-electron chi connectivity index (χ4n) is 3.45. The number of hydrogen-bond donors (Lipinski definition) is 0. The zero-order valence-corrected chi connectivity index (χ0v) is 14.9. The summed E-state index contributed by atoms with van der Waals surface area (Å²) in [6, 6.07) is 0. The average molecular weight is 294 g/mol. The van der Waals surface area contributed by atoms with Crippen LogP contribution in [0.4, 0.5) is 0 Å². The zero-order chi connectivity index (χ0) is 15.9. The maximum absolute atomic E-state index is 5.22. The van der Waals surface area contributed by atoms with Crippen molar-refractivity contribution in [1.29, 1.82) is 0 Å². The van der Waals surface area contributed by atoms with Crippen molar-refractivity contribution in [3.8, 4) is 0 Å². The lowest BCUT2D eigenvalue weighted by Crippen LogP contribution is -2.20. The van der Waals surface area contributed by atoms with Crippen LogP contribution in [0.1, 0.15) is 72.6 Å². The van der Waals surface area contributed by atoms with Crippen LogP contribution in [-0.4, -0.2) is 20.5 Å². The summed E-state index contributed by atoms with van der Waals surface area (Å²) >= 11 is 0. The summed E-state index contributed by atoms with van der Waals surface area (Å²) in [5, 5.41) is 0. The molecule has 1 rings (SSSR count). The molecule has 0 atom stereocenters. The van der Waals surface area contributed by atoms with Crippen molar-refractivity contribution < 1.29 is 9.47 Å². The highest BCUT2D eigenvalue weighted by Gasteiger charge is 2.27. The van der Waals surface area contributed by atoms with Gasteiger partial charge in [-0.05, 0) is 57.8 Å². The SMILES string of the molecule is COC(CC/C=C(\C)CCC1=C(C)CCCC1(C)C)OC. The van der Waals surface area contributed by atoms with Crippen molar-refractivity contribution in [2.45, 2.75) is 78.9 Å². The van der Waals surface area contributed by atoms with Gasteiger partial charge in [-0.1, -0.05) is 36.6 Å². The molecular formula is C19H34O2. The molecule has 2 heteroatoms. The molecule has 0 heterocycles. The first kappa shape index (κ1) is 18.4. The standard InChI is InChI=1S/C19H34O2/c1-15(9-7-11-18(20-5)21-6)12-13-17-16(2)10-8-14-19(17,3)4/h9,18H,7-8,10-14H2,1-6H3/b15-9+. The summed E-state index contributed by atoms with van der Waals surface area (Å²) in [5.74, 6) is 0. The van der Waals surface area contributed by atoms with Gasteiger partial charge >= 0.3 is 0 Å². The molecule has 0 aliphatic heterocycles. The van der Waals surface area contributed by atoms with E-state index in [4.69, 9.17) is 9.47 Å². The molecule has 0 aromatic heterocycles. The second-order valence-electron chi connectivity index (χ2n) is 7.03. The van der Waals surface area contributed by atoms with Crippen LogP contribution in [0.15, 0.2) is 22.8 Å². The van der Waals surface area contributed by atoms with Crippen molar-refractivity contribution >= 4 is 0 Å². The highest BCUT2D eigenvalue weighted by molar-refractivity contribution is 5.23. The van der Waals surface area contributed by atoms with Crippen LogP contribution in [-0.2, 0) is 9.47 Å². The van der Waals surface area contributed by atoms with Crippen LogP contribution in [0, 0.1) is 5.41 Å². The normalized spacial score (nSPS) is 19.5. The number of allylic oxidation sites excluding steroid dienone is 4. The van der Waals surface area contributed by atoms with Crippen LogP contribution < -0.4 is 0 Å². The Morgan fingerprint density at radius 1 is 1.29 bits per heavy atom. The topological polar surface area (TPSA) is 18.5 Å². The van der Waals surface area contributed by atoms with E-state index in [9.17, 15) is 0 Å². The van der Waals surface area contributed by atoms with Crippen LogP contribution in [0.5, 0.6) is 0 Å². The molecule has 0 saturated heterocycles. The minimum Gasteiger partial charge on any atom is -0.356 e. The molecule has 21 heavy (non-hydrogen) atoms. The number of hydrogen-bond acceptors (Lipinski definition) is 2. The Morgan fingerprint density at radius 2 is 1.95 bits per heavy atom. The van der Waals surface area contributed by atoms with E-state index in [0.29, 0.717) is 5.41 Å². The van der Waals surface area contributed by atoms with Gasteiger partial charge in [0.2, 0.25) is 0 Å². The molecule has 0 saturated carbocycles. The Bertz CT molecular complexity index is 373. The first-order valence-electron chi connectivity index (χ1n) is 8.31. The molecule has 0 unspecified atom stereocenters. The molecule has 0 N–H and O–H groups in total. The summed E-state index contributed by atoms with van der Waals surface area (Å²) in [7, 11) is 3.40. The Balaban J connectivity index is 2.46. The van der Waals surface area contributed by atoms with Gasteiger partial charge in [0, 0.05) is 20.6 Å². The summed E-state index contributed by atoms with van der Waals surface area (Å²) in [5.41, 5.74) is 5.23. The molecule has 0 aromatic carbocycles. The Hall–Kier alpha value is -0.600. The molecule has 0 spiro atoms. The summed E-state index contributed by atoms with van der Waals surface area (Å²) in [6.45, 7) is 9.40. The van der Waals surface area contributed by atoms with E-state index < -0.39 is 0 Å². The van der Waals surface area contributed by atoms with E-state index in [1.807, 2.05) is 0 Å². The first-order chi connectivity index (χ1) is 9.90. The summed E-state index contributed by atoms with van der Waals surface area (Å²) in [4.78, 5) is 0. The monoisotopic (exact) mass is 294 g/mol. The fourth-order valence-corrected chi connectivity index (χ4v) is 3.45. The van der Waals surface area contributed by atoms with Gasteiger partial charge < -0.3 is 9.47 Å². The minimum atomic E-state index is -0.0729. The Morgan fingerprint density at radius 3 is 2.52 bits per heavy atom.